The molecule has 2 aromatic heterocycles. The summed E-state index contributed by atoms with van der Waals surface area (Å²) in [6, 6.07) is 5.68. The second kappa shape index (κ2) is 5.02. The molecule has 3 rings (SSSR count). The molecule has 0 aliphatic heterocycles. The van der Waals surface area contributed by atoms with E-state index in [0.29, 0.717) is 10.7 Å². The second-order valence-corrected chi connectivity index (χ2v) is 6.12. The highest BCUT2D eigenvalue weighted by Gasteiger charge is 2.26. The fourth-order valence-electron chi connectivity index (χ4n) is 1.78. The summed E-state index contributed by atoms with van der Waals surface area (Å²) in [5, 5.41) is 12.9. The Kier molecular flexibility index (Phi) is 3.34. The predicted molar refractivity (Wildman–Crippen MR) is 83.7 cm³/mol. The number of fused-ring (bicyclic) bond motifs is 1. The van der Waals surface area contributed by atoms with E-state index in [0.717, 1.165) is 9.13 Å². The van der Waals surface area contributed by atoms with Crippen LogP contribution in [0, 0.1) is 20.6 Å². The Morgan fingerprint density at radius 1 is 1.50 bits per heavy atom. The molecule has 0 aliphatic carbocycles. The highest BCUT2D eigenvalue weighted by Crippen LogP contribution is 2.35. The van der Waals surface area contributed by atoms with Crippen molar-refractivity contribution in [3.63, 3.8) is 0 Å². The van der Waals surface area contributed by atoms with E-state index in [9.17, 15) is 10.1 Å². The molecule has 0 aliphatic rings. The van der Waals surface area contributed by atoms with Gasteiger partial charge in [0.25, 0.3) is 4.96 Å². The van der Waals surface area contributed by atoms with E-state index in [1.54, 1.807) is 11.6 Å². The normalized spacial score (nSPS) is 10.9. The minimum atomic E-state index is -0.481. The summed E-state index contributed by atoms with van der Waals surface area (Å²) in [6.07, 6.45) is 1.61. The van der Waals surface area contributed by atoms with Crippen LogP contribution in [-0.4, -0.2) is 14.3 Å². The number of benzene rings is 1. The zero-order chi connectivity index (χ0) is 14.3. The third-order valence-corrected chi connectivity index (χ3v) is 4.32. The lowest BCUT2D eigenvalue weighted by molar-refractivity contribution is -0.391. The van der Waals surface area contributed by atoms with E-state index in [1.807, 2.05) is 25.1 Å². The first kappa shape index (κ1) is 13.3. The van der Waals surface area contributed by atoms with Crippen molar-refractivity contribution in [3.05, 3.63) is 49.0 Å². The summed E-state index contributed by atoms with van der Waals surface area (Å²) in [6.45, 7) is 1.93. The molecule has 0 bridgehead atoms. The quantitative estimate of drug-likeness (QED) is 0.378. The zero-order valence-corrected chi connectivity index (χ0v) is 13.2. The zero-order valence-electron chi connectivity index (χ0n) is 10.2. The lowest BCUT2D eigenvalue weighted by Gasteiger charge is -2.05. The van der Waals surface area contributed by atoms with E-state index >= 15 is 0 Å². The number of nitro groups is 1. The molecular weight excluding hydrogens is 393 g/mol. The Morgan fingerprint density at radius 2 is 2.30 bits per heavy atom. The van der Waals surface area contributed by atoms with E-state index in [1.165, 1.54) is 15.7 Å². The molecule has 8 heteroatoms. The van der Waals surface area contributed by atoms with Crippen molar-refractivity contribution >= 4 is 44.7 Å². The molecule has 0 N–H and O–H groups in total. The van der Waals surface area contributed by atoms with Gasteiger partial charge in [-0.25, -0.2) is 0 Å². The summed E-state index contributed by atoms with van der Waals surface area (Å²) >= 11 is 3.45. The Labute approximate surface area is 131 Å². The van der Waals surface area contributed by atoms with Crippen molar-refractivity contribution in [2.75, 3.05) is 0 Å². The molecule has 0 spiro atoms. The molecule has 0 amide bonds. The lowest BCUT2D eigenvalue weighted by Crippen LogP contribution is -1.96. The van der Waals surface area contributed by atoms with Gasteiger partial charge >= 0.3 is 11.7 Å². The predicted octanol–water partition coefficient (Wildman–Crippen LogP) is 4.01. The van der Waals surface area contributed by atoms with Gasteiger partial charge in [0.1, 0.15) is 11.9 Å². The number of nitrogens with zero attached hydrogens (tertiary/aromatic N) is 3. The molecule has 0 unspecified atom stereocenters. The number of rotatable bonds is 3. The topological polar surface area (TPSA) is 69.7 Å². The number of imidazole rings is 1. The van der Waals surface area contributed by atoms with Gasteiger partial charge in [0.05, 0.1) is 3.57 Å². The van der Waals surface area contributed by atoms with Crippen LogP contribution in [0.2, 0.25) is 0 Å². The van der Waals surface area contributed by atoms with E-state index < -0.39 is 4.92 Å². The van der Waals surface area contributed by atoms with E-state index in [-0.39, 0.29) is 11.7 Å². The molecule has 0 atom stereocenters. The van der Waals surface area contributed by atoms with Crippen molar-refractivity contribution < 1.29 is 9.66 Å². The van der Waals surface area contributed by atoms with Crippen molar-refractivity contribution in [1.29, 1.82) is 0 Å². The molecule has 2 heterocycles. The smallest absolute Gasteiger partial charge is 0.393 e. The van der Waals surface area contributed by atoms with Gasteiger partial charge in [-0.1, -0.05) is 17.4 Å². The Balaban J connectivity index is 2.10. The standard InChI is InChI=1S/C12H8IN3O3S/c1-7-2-3-8(13)9(6-7)19-10-11(16(17)18)15-4-5-20-12(15)14-10/h2-6H,1H3. The van der Waals surface area contributed by atoms with Gasteiger partial charge in [-0.3, -0.25) is 0 Å². The third kappa shape index (κ3) is 2.24. The Hall–Kier alpha value is -1.68. The van der Waals surface area contributed by atoms with Crippen LogP contribution in [0.5, 0.6) is 11.6 Å². The molecule has 1 aromatic carbocycles. The van der Waals surface area contributed by atoms with Crippen molar-refractivity contribution in [3.8, 4) is 11.6 Å². The maximum atomic E-state index is 11.2. The monoisotopic (exact) mass is 401 g/mol. The fourth-order valence-corrected chi connectivity index (χ4v) is 2.93. The molecular formula is C12H8IN3O3S. The van der Waals surface area contributed by atoms with Gasteiger partial charge in [0.15, 0.2) is 0 Å². The Bertz CT molecular complexity index is 811. The minimum Gasteiger partial charge on any atom is -0.431 e. The molecule has 0 radical (unpaired) electrons. The molecule has 0 saturated heterocycles. The average Bonchev–Trinajstić information content (AvgIpc) is 2.93. The maximum Gasteiger partial charge on any atom is 0.393 e. The molecule has 3 aromatic rings. The number of hydrogen-bond donors (Lipinski definition) is 0. The third-order valence-electron chi connectivity index (χ3n) is 2.67. The van der Waals surface area contributed by atoms with Gasteiger partial charge in [0.2, 0.25) is 0 Å². The lowest BCUT2D eigenvalue weighted by atomic mass is 10.2. The summed E-state index contributed by atoms with van der Waals surface area (Å²) in [4.78, 5) is 15.4. The van der Waals surface area contributed by atoms with Crippen LogP contribution in [0.15, 0.2) is 29.8 Å². The number of hydrogen-bond acceptors (Lipinski definition) is 5. The molecule has 0 saturated carbocycles. The number of ether oxygens (including phenoxy) is 1. The van der Waals surface area contributed by atoms with Crippen LogP contribution in [0.3, 0.4) is 0 Å². The SMILES string of the molecule is Cc1ccc(I)c(Oc2nc3sccn3c2[N+](=O)[O-])c1. The van der Waals surface area contributed by atoms with Crippen molar-refractivity contribution in [2.45, 2.75) is 6.92 Å². The van der Waals surface area contributed by atoms with Crippen LogP contribution in [0.25, 0.3) is 4.96 Å². The number of halogens is 1. The summed E-state index contributed by atoms with van der Waals surface area (Å²) in [7, 11) is 0. The first-order valence-corrected chi connectivity index (χ1v) is 7.56. The van der Waals surface area contributed by atoms with Crippen LogP contribution in [-0.2, 0) is 0 Å². The van der Waals surface area contributed by atoms with E-state index in [4.69, 9.17) is 4.74 Å². The van der Waals surface area contributed by atoms with Crippen molar-refractivity contribution in [2.24, 2.45) is 0 Å². The molecule has 102 valence electrons. The van der Waals surface area contributed by atoms with Gasteiger partial charge in [-0.05, 0) is 52.1 Å². The van der Waals surface area contributed by atoms with E-state index in [2.05, 4.69) is 27.6 Å². The van der Waals surface area contributed by atoms with Gasteiger partial charge in [0, 0.05) is 5.38 Å². The summed E-state index contributed by atoms with van der Waals surface area (Å²) in [5.41, 5.74) is 1.02. The second-order valence-electron chi connectivity index (χ2n) is 4.09. The molecule has 6 nitrogen and oxygen atoms in total. The Morgan fingerprint density at radius 3 is 3.05 bits per heavy atom. The number of aryl methyl sites for hydroxylation is 1. The van der Waals surface area contributed by atoms with Crippen LogP contribution >= 0.6 is 33.9 Å². The van der Waals surface area contributed by atoms with Crippen LogP contribution in [0.4, 0.5) is 5.82 Å². The van der Waals surface area contributed by atoms with Crippen LogP contribution in [0.1, 0.15) is 5.56 Å². The van der Waals surface area contributed by atoms with Crippen LogP contribution < -0.4 is 4.74 Å². The average molecular weight is 401 g/mol. The first-order chi connectivity index (χ1) is 9.56. The summed E-state index contributed by atoms with van der Waals surface area (Å²) < 4.78 is 7.94. The molecule has 20 heavy (non-hydrogen) atoms. The fraction of sp³-hybridized carbons (Fsp3) is 0.0833. The highest BCUT2D eigenvalue weighted by atomic mass is 127. The largest absolute Gasteiger partial charge is 0.431 e. The highest BCUT2D eigenvalue weighted by molar-refractivity contribution is 14.1. The number of aromatic nitrogens is 2. The minimum absolute atomic E-state index is 0.0189. The number of thiazole rings is 1. The summed E-state index contributed by atoms with van der Waals surface area (Å²) in [5.74, 6) is 0.434. The van der Waals surface area contributed by atoms with Gasteiger partial charge in [-0.15, -0.1) is 0 Å². The first-order valence-electron chi connectivity index (χ1n) is 5.60. The van der Waals surface area contributed by atoms with Crippen molar-refractivity contribution in [1.82, 2.24) is 9.38 Å². The molecule has 0 fully saturated rings. The van der Waals surface area contributed by atoms with Gasteiger partial charge < -0.3 is 14.9 Å². The van der Waals surface area contributed by atoms with Gasteiger partial charge in [-0.2, -0.15) is 9.38 Å². The maximum absolute atomic E-state index is 11.2.